The van der Waals surface area contributed by atoms with Crippen molar-refractivity contribution in [1.82, 2.24) is 4.90 Å². The van der Waals surface area contributed by atoms with Gasteiger partial charge in [0, 0.05) is 12.8 Å². The standard InChI is InChI=1S/C50H97NO7/c1-7-10-13-16-19-26-35-44-55-49(54)56-45-36-27-25-33-42-51(43-34-31-40-48(53)58-50(4,5)6)41-32-24-20-23-30-39-47(52)57-46(37-28-21-17-14-11-8-2)38-29-22-18-15-12-9-3/h46H,7-45H2,1-6H3. The molecule has 0 fully saturated rings. The molecule has 0 bridgehead atoms. The van der Waals surface area contributed by atoms with Crippen molar-refractivity contribution in [2.24, 2.45) is 0 Å². The first-order valence-corrected chi connectivity index (χ1v) is 25.0. The zero-order chi connectivity index (χ0) is 42.8. The van der Waals surface area contributed by atoms with E-state index in [1.807, 2.05) is 20.8 Å². The number of hydrogen-bond donors (Lipinski definition) is 0. The van der Waals surface area contributed by atoms with Crippen molar-refractivity contribution >= 4 is 18.1 Å². The highest BCUT2D eigenvalue weighted by Gasteiger charge is 2.17. The number of ether oxygens (including phenoxy) is 4. The summed E-state index contributed by atoms with van der Waals surface area (Å²) in [5, 5.41) is 0. The van der Waals surface area contributed by atoms with Gasteiger partial charge in [-0.3, -0.25) is 9.59 Å². The molecular weight excluding hydrogens is 727 g/mol. The number of rotatable bonds is 43. The van der Waals surface area contributed by atoms with E-state index in [2.05, 4.69) is 25.7 Å². The van der Waals surface area contributed by atoms with E-state index < -0.39 is 11.8 Å². The van der Waals surface area contributed by atoms with Crippen LogP contribution in [0, 0.1) is 0 Å². The number of carbonyl (C=O) groups is 3. The van der Waals surface area contributed by atoms with Crippen molar-refractivity contribution in [2.45, 2.75) is 272 Å². The number of nitrogens with zero attached hydrogens (tertiary/aromatic N) is 1. The third-order valence-electron chi connectivity index (χ3n) is 11.0. The first-order valence-electron chi connectivity index (χ1n) is 25.0. The summed E-state index contributed by atoms with van der Waals surface area (Å²) in [7, 11) is 0. The number of hydrogen-bond acceptors (Lipinski definition) is 8. The molecule has 0 aliphatic carbocycles. The van der Waals surface area contributed by atoms with Crippen LogP contribution in [0.3, 0.4) is 0 Å². The van der Waals surface area contributed by atoms with Gasteiger partial charge in [0.2, 0.25) is 0 Å². The smallest absolute Gasteiger partial charge is 0.462 e. The fraction of sp³-hybridized carbons (Fsp3) is 0.940. The van der Waals surface area contributed by atoms with Gasteiger partial charge in [0.05, 0.1) is 13.2 Å². The van der Waals surface area contributed by atoms with Crippen LogP contribution in [-0.4, -0.2) is 67.5 Å². The lowest BCUT2D eigenvalue weighted by molar-refractivity contribution is -0.155. The molecule has 0 rings (SSSR count). The van der Waals surface area contributed by atoms with Crippen molar-refractivity contribution in [3.63, 3.8) is 0 Å². The molecule has 0 saturated heterocycles. The van der Waals surface area contributed by atoms with Crippen molar-refractivity contribution in [3.8, 4) is 0 Å². The maximum atomic E-state index is 12.8. The SMILES string of the molecule is CCCCCCCCCOC(=O)OCCCCCCN(CCCCCCCC(=O)OC(CCCCCCCC)CCCCCCCC)CCCCC(=O)OC(C)(C)C. The van der Waals surface area contributed by atoms with Gasteiger partial charge in [-0.1, -0.05) is 156 Å². The lowest BCUT2D eigenvalue weighted by atomic mass is 10.0. The third kappa shape index (κ3) is 42.3. The Morgan fingerprint density at radius 2 is 0.776 bits per heavy atom. The van der Waals surface area contributed by atoms with E-state index in [-0.39, 0.29) is 18.0 Å². The Labute approximate surface area is 359 Å². The van der Waals surface area contributed by atoms with Crippen molar-refractivity contribution in [3.05, 3.63) is 0 Å². The summed E-state index contributed by atoms with van der Waals surface area (Å²) >= 11 is 0. The summed E-state index contributed by atoms with van der Waals surface area (Å²) in [6.45, 7) is 16.4. The summed E-state index contributed by atoms with van der Waals surface area (Å²) < 4.78 is 22.1. The summed E-state index contributed by atoms with van der Waals surface area (Å²) in [6, 6.07) is 0. The highest BCUT2D eigenvalue weighted by atomic mass is 16.7. The number of unbranched alkanes of at least 4 members (excludes halogenated alkanes) is 24. The lowest BCUT2D eigenvalue weighted by Gasteiger charge is -2.23. The second-order valence-electron chi connectivity index (χ2n) is 18.1. The molecule has 0 aliphatic heterocycles. The minimum atomic E-state index is -0.533. The van der Waals surface area contributed by atoms with Crippen LogP contribution in [-0.2, 0) is 28.5 Å². The molecule has 8 nitrogen and oxygen atoms in total. The average molecular weight is 824 g/mol. The molecule has 0 aromatic heterocycles. The number of esters is 2. The van der Waals surface area contributed by atoms with E-state index in [1.165, 1.54) is 109 Å². The zero-order valence-corrected chi connectivity index (χ0v) is 39.5. The molecule has 58 heavy (non-hydrogen) atoms. The van der Waals surface area contributed by atoms with E-state index in [0.29, 0.717) is 26.1 Å². The lowest BCUT2D eigenvalue weighted by Crippen LogP contribution is -2.28. The molecule has 0 N–H and O–H groups in total. The fourth-order valence-electron chi connectivity index (χ4n) is 7.48. The van der Waals surface area contributed by atoms with Gasteiger partial charge in [0.15, 0.2) is 0 Å². The van der Waals surface area contributed by atoms with Gasteiger partial charge >= 0.3 is 18.1 Å². The van der Waals surface area contributed by atoms with E-state index in [9.17, 15) is 14.4 Å². The van der Waals surface area contributed by atoms with Gasteiger partial charge in [0.1, 0.15) is 11.7 Å². The molecule has 344 valence electrons. The predicted octanol–water partition coefficient (Wildman–Crippen LogP) is 15.0. The van der Waals surface area contributed by atoms with Gasteiger partial charge in [-0.15, -0.1) is 0 Å². The molecule has 0 heterocycles. The van der Waals surface area contributed by atoms with E-state index in [4.69, 9.17) is 18.9 Å². The van der Waals surface area contributed by atoms with E-state index in [0.717, 1.165) is 116 Å². The van der Waals surface area contributed by atoms with Crippen LogP contribution < -0.4 is 0 Å². The Kier molecular flexibility index (Phi) is 40.6. The molecule has 0 unspecified atom stereocenters. The second-order valence-corrected chi connectivity index (χ2v) is 18.1. The maximum Gasteiger partial charge on any atom is 0.508 e. The van der Waals surface area contributed by atoms with Crippen molar-refractivity contribution < 1.29 is 33.3 Å². The number of carbonyl (C=O) groups excluding carboxylic acids is 3. The highest BCUT2D eigenvalue weighted by Crippen LogP contribution is 2.19. The molecule has 0 aromatic rings. The van der Waals surface area contributed by atoms with Gasteiger partial charge < -0.3 is 23.8 Å². The van der Waals surface area contributed by atoms with Crippen LogP contribution >= 0.6 is 0 Å². The summed E-state index contributed by atoms with van der Waals surface area (Å²) in [5.41, 5.74) is -0.440. The van der Waals surface area contributed by atoms with Crippen LogP contribution in [0.5, 0.6) is 0 Å². The molecule has 0 amide bonds. The second kappa shape index (κ2) is 41.9. The first kappa shape index (κ1) is 56.2. The minimum absolute atomic E-state index is 0.00446. The van der Waals surface area contributed by atoms with Crippen molar-refractivity contribution in [1.29, 1.82) is 0 Å². The van der Waals surface area contributed by atoms with Gasteiger partial charge in [-0.2, -0.15) is 0 Å². The van der Waals surface area contributed by atoms with E-state index >= 15 is 0 Å². The Morgan fingerprint density at radius 3 is 1.22 bits per heavy atom. The summed E-state index contributed by atoms with van der Waals surface area (Å²) in [4.78, 5) is 39.5. The average Bonchev–Trinajstić information content (AvgIpc) is 3.18. The van der Waals surface area contributed by atoms with E-state index in [1.54, 1.807) is 0 Å². The third-order valence-corrected chi connectivity index (χ3v) is 11.0. The monoisotopic (exact) mass is 824 g/mol. The molecule has 0 aliphatic rings. The first-order chi connectivity index (χ1) is 28.1. The molecule has 0 aromatic carbocycles. The Morgan fingerprint density at radius 1 is 0.431 bits per heavy atom. The van der Waals surface area contributed by atoms with Crippen LogP contribution in [0.1, 0.15) is 260 Å². The maximum absolute atomic E-state index is 12.8. The molecule has 0 saturated carbocycles. The molecule has 0 radical (unpaired) electrons. The minimum Gasteiger partial charge on any atom is -0.462 e. The van der Waals surface area contributed by atoms with Gasteiger partial charge in [-0.05, 0) is 111 Å². The van der Waals surface area contributed by atoms with Gasteiger partial charge in [-0.25, -0.2) is 4.79 Å². The molecule has 8 heteroatoms. The van der Waals surface area contributed by atoms with Crippen LogP contribution in [0.25, 0.3) is 0 Å². The van der Waals surface area contributed by atoms with Crippen LogP contribution in [0.2, 0.25) is 0 Å². The highest BCUT2D eigenvalue weighted by molar-refractivity contribution is 5.70. The fourth-order valence-corrected chi connectivity index (χ4v) is 7.48. The van der Waals surface area contributed by atoms with Crippen LogP contribution in [0.15, 0.2) is 0 Å². The quantitative estimate of drug-likeness (QED) is 0.0341. The Balaban J connectivity index is 4.45. The summed E-state index contributed by atoms with van der Waals surface area (Å²) in [6.07, 6.45) is 37.6. The molecule has 0 atom stereocenters. The molecular formula is C50H97NO7. The van der Waals surface area contributed by atoms with Crippen LogP contribution in [0.4, 0.5) is 4.79 Å². The molecule has 0 spiro atoms. The van der Waals surface area contributed by atoms with Crippen molar-refractivity contribution in [2.75, 3.05) is 32.8 Å². The topological polar surface area (TPSA) is 91.4 Å². The largest absolute Gasteiger partial charge is 0.508 e. The predicted molar refractivity (Wildman–Crippen MR) is 243 cm³/mol. The van der Waals surface area contributed by atoms with Gasteiger partial charge in [0.25, 0.3) is 0 Å². The summed E-state index contributed by atoms with van der Waals surface area (Å²) in [5.74, 6) is -0.109. The zero-order valence-electron chi connectivity index (χ0n) is 39.5. The Bertz CT molecular complexity index is 904. The Hall–Kier alpha value is -1.83. The normalized spacial score (nSPS) is 11.7.